The van der Waals surface area contributed by atoms with E-state index in [9.17, 15) is 9.18 Å². The lowest BCUT2D eigenvalue weighted by Crippen LogP contribution is -2.36. The van der Waals surface area contributed by atoms with Crippen LogP contribution in [-0.4, -0.2) is 0 Å². The van der Waals surface area contributed by atoms with Gasteiger partial charge < -0.3 is 14.6 Å². The van der Waals surface area contributed by atoms with Crippen LogP contribution in [0.5, 0.6) is 5.75 Å². The van der Waals surface area contributed by atoms with Gasteiger partial charge in [-0.25, -0.2) is 9.40 Å². The minimum Gasteiger partial charge on any atom is -0.488 e. The Balaban J connectivity index is 1.66. The van der Waals surface area contributed by atoms with Crippen molar-refractivity contribution in [1.82, 2.24) is 11.0 Å². The minimum atomic E-state index is -0.304. The zero-order valence-corrected chi connectivity index (χ0v) is 14.0. The Hall–Kier alpha value is -3.32. The number of nitrogens with zero attached hydrogens (tertiary/aromatic N) is 1. The molecule has 0 atom stereocenters. The molecule has 2 heterocycles. The standard InChI is InChI=1S/C19H16FN3O3/c1-12-10-23(22-21-12)18-9-15(24)19-16(3-2-4-17(19)26-18)25-11-13-5-7-14(20)8-6-13/h2-10,21-22H,11H2,1H3. The van der Waals surface area contributed by atoms with Crippen LogP contribution in [0.4, 0.5) is 10.3 Å². The Bertz CT molecular complexity index is 1040. The Morgan fingerprint density at radius 2 is 2.00 bits per heavy atom. The van der Waals surface area contributed by atoms with Crippen LogP contribution in [0.25, 0.3) is 11.0 Å². The number of nitrogens with one attached hydrogen (secondary N) is 2. The maximum Gasteiger partial charge on any atom is 0.219 e. The van der Waals surface area contributed by atoms with Crippen molar-refractivity contribution in [3.63, 3.8) is 0 Å². The molecule has 7 heteroatoms. The molecule has 6 nitrogen and oxygen atoms in total. The summed E-state index contributed by atoms with van der Waals surface area (Å²) in [5.41, 5.74) is 7.69. The quantitative estimate of drug-likeness (QED) is 0.751. The lowest BCUT2D eigenvalue weighted by atomic mass is 10.2. The molecule has 0 aliphatic carbocycles. The van der Waals surface area contributed by atoms with Crippen LogP contribution < -0.4 is 26.1 Å². The first-order valence-corrected chi connectivity index (χ1v) is 8.03. The molecule has 1 aromatic heterocycles. The van der Waals surface area contributed by atoms with Crippen molar-refractivity contribution in [1.29, 1.82) is 0 Å². The van der Waals surface area contributed by atoms with Crippen LogP contribution in [0.2, 0.25) is 0 Å². The van der Waals surface area contributed by atoms with Gasteiger partial charge in [0, 0.05) is 18.0 Å². The molecular formula is C19H16FN3O3. The van der Waals surface area contributed by atoms with Gasteiger partial charge in [0.2, 0.25) is 5.88 Å². The van der Waals surface area contributed by atoms with Gasteiger partial charge >= 0.3 is 0 Å². The van der Waals surface area contributed by atoms with E-state index in [2.05, 4.69) is 11.0 Å². The van der Waals surface area contributed by atoms with Crippen molar-refractivity contribution in [2.24, 2.45) is 0 Å². The average molecular weight is 353 g/mol. The second kappa shape index (κ2) is 6.53. The predicted molar refractivity (Wildman–Crippen MR) is 95.7 cm³/mol. The second-order valence-electron chi connectivity index (χ2n) is 5.91. The third-order valence-electron chi connectivity index (χ3n) is 3.94. The molecule has 0 unspecified atom stereocenters. The highest BCUT2D eigenvalue weighted by Gasteiger charge is 2.16. The summed E-state index contributed by atoms with van der Waals surface area (Å²) in [7, 11) is 0. The Labute approximate surface area is 148 Å². The Morgan fingerprint density at radius 3 is 2.73 bits per heavy atom. The first kappa shape index (κ1) is 16.2. The van der Waals surface area contributed by atoms with E-state index >= 15 is 0 Å². The van der Waals surface area contributed by atoms with Crippen molar-refractivity contribution in [2.75, 3.05) is 5.01 Å². The normalized spacial score (nSPS) is 13.6. The van der Waals surface area contributed by atoms with Gasteiger partial charge in [-0.15, -0.1) is 5.53 Å². The van der Waals surface area contributed by atoms with Crippen LogP contribution in [0.1, 0.15) is 12.5 Å². The summed E-state index contributed by atoms with van der Waals surface area (Å²) in [5, 5.41) is 1.95. The summed E-state index contributed by atoms with van der Waals surface area (Å²) < 4.78 is 24.6. The molecule has 0 spiro atoms. The van der Waals surface area contributed by atoms with Crippen LogP contribution in [0.3, 0.4) is 0 Å². The summed E-state index contributed by atoms with van der Waals surface area (Å²) in [4.78, 5) is 12.6. The number of benzene rings is 2. The number of hydrazine groups is 2. The van der Waals surface area contributed by atoms with Gasteiger partial charge in [0.25, 0.3) is 0 Å². The summed E-state index contributed by atoms with van der Waals surface area (Å²) in [5.74, 6) is 0.482. The molecule has 2 aromatic carbocycles. The lowest BCUT2D eigenvalue weighted by molar-refractivity contribution is 0.309. The Kier molecular flexibility index (Phi) is 4.06. The van der Waals surface area contributed by atoms with Crippen molar-refractivity contribution in [3.8, 4) is 5.75 Å². The average Bonchev–Trinajstić information content (AvgIpc) is 3.07. The number of ether oxygens (including phenoxy) is 1. The fourth-order valence-electron chi connectivity index (χ4n) is 2.67. The zero-order chi connectivity index (χ0) is 18.1. The number of rotatable bonds is 4. The monoisotopic (exact) mass is 353 g/mol. The highest BCUT2D eigenvalue weighted by molar-refractivity contribution is 5.84. The molecule has 1 aliphatic rings. The number of fused-ring (bicyclic) bond motifs is 1. The number of allylic oxidation sites excluding steroid dienone is 1. The largest absolute Gasteiger partial charge is 0.488 e. The van der Waals surface area contributed by atoms with Gasteiger partial charge in [-0.05, 0) is 36.8 Å². The summed E-state index contributed by atoms with van der Waals surface area (Å²) in [6.07, 6.45) is 1.78. The third-order valence-corrected chi connectivity index (χ3v) is 3.94. The van der Waals surface area contributed by atoms with Crippen LogP contribution in [-0.2, 0) is 6.61 Å². The van der Waals surface area contributed by atoms with Gasteiger partial charge in [0.05, 0.1) is 0 Å². The van der Waals surface area contributed by atoms with Gasteiger partial charge in [0.15, 0.2) is 5.43 Å². The molecule has 0 saturated carbocycles. The van der Waals surface area contributed by atoms with E-state index < -0.39 is 0 Å². The molecule has 1 aliphatic heterocycles. The third kappa shape index (κ3) is 3.12. The van der Waals surface area contributed by atoms with Crippen LogP contribution in [0.15, 0.2) is 69.6 Å². The summed E-state index contributed by atoms with van der Waals surface area (Å²) in [6.45, 7) is 2.10. The summed E-state index contributed by atoms with van der Waals surface area (Å²) in [6, 6.07) is 12.6. The Morgan fingerprint density at radius 1 is 1.19 bits per heavy atom. The molecular weight excluding hydrogens is 337 g/mol. The topological polar surface area (TPSA) is 66.7 Å². The molecule has 26 heavy (non-hydrogen) atoms. The van der Waals surface area contributed by atoms with E-state index in [1.807, 2.05) is 6.92 Å². The van der Waals surface area contributed by atoms with Crippen molar-refractivity contribution < 1.29 is 13.5 Å². The first-order chi connectivity index (χ1) is 12.6. The smallest absolute Gasteiger partial charge is 0.219 e. The zero-order valence-electron chi connectivity index (χ0n) is 14.0. The first-order valence-electron chi connectivity index (χ1n) is 8.03. The van der Waals surface area contributed by atoms with E-state index in [0.717, 1.165) is 11.3 Å². The lowest BCUT2D eigenvalue weighted by Gasteiger charge is -2.14. The van der Waals surface area contributed by atoms with Gasteiger partial charge in [-0.1, -0.05) is 18.2 Å². The number of halogens is 1. The molecule has 0 fully saturated rings. The molecule has 0 radical (unpaired) electrons. The number of hydrogen-bond acceptors (Lipinski definition) is 6. The highest BCUT2D eigenvalue weighted by atomic mass is 19.1. The SMILES string of the molecule is CC1=CN(c2cc(=O)c3c(OCc4ccc(F)cc4)cccc3o2)NN1. The highest BCUT2D eigenvalue weighted by Crippen LogP contribution is 2.27. The molecule has 0 amide bonds. The maximum atomic E-state index is 13.0. The van der Waals surface area contributed by atoms with E-state index in [1.54, 1.807) is 41.5 Å². The predicted octanol–water partition coefficient (Wildman–Crippen LogP) is 3.20. The van der Waals surface area contributed by atoms with Crippen molar-refractivity contribution in [2.45, 2.75) is 13.5 Å². The van der Waals surface area contributed by atoms with E-state index in [-0.39, 0.29) is 17.9 Å². The van der Waals surface area contributed by atoms with Gasteiger partial charge in [-0.3, -0.25) is 4.79 Å². The van der Waals surface area contributed by atoms with Gasteiger partial charge in [0.1, 0.15) is 29.1 Å². The molecule has 132 valence electrons. The molecule has 4 rings (SSSR count). The number of anilines is 1. The van der Waals surface area contributed by atoms with E-state index in [4.69, 9.17) is 9.15 Å². The maximum absolute atomic E-state index is 13.0. The molecule has 0 bridgehead atoms. The number of hydrogen-bond donors (Lipinski definition) is 2. The van der Waals surface area contributed by atoms with E-state index in [1.165, 1.54) is 18.2 Å². The van der Waals surface area contributed by atoms with E-state index in [0.29, 0.717) is 22.6 Å². The molecule has 0 saturated heterocycles. The van der Waals surface area contributed by atoms with Crippen molar-refractivity contribution >= 4 is 16.9 Å². The second-order valence-corrected chi connectivity index (χ2v) is 5.91. The molecule has 2 N–H and O–H groups in total. The molecule has 3 aromatic rings. The fraction of sp³-hybridized carbons (Fsp3) is 0.105. The van der Waals surface area contributed by atoms with Crippen molar-refractivity contribution in [3.05, 3.63) is 82.0 Å². The summed E-state index contributed by atoms with van der Waals surface area (Å²) >= 11 is 0. The fourth-order valence-corrected chi connectivity index (χ4v) is 2.67. The van der Waals surface area contributed by atoms with Gasteiger partial charge in [-0.2, -0.15) is 0 Å². The van der Waals surface area contributed by atoms with Crippen LogP contribution in [0, 0.1) is 5.82 Å². The van der Waals surface area contributed by atoms with Crippen LogP contribution >= 0.6 is 0 Å². The minimum absolute atomic E-state index is 0.212.